The Bertz CT molecular complexity index is 683. The van der Waals surface area contributed by atoms with Crippen LogP contribution in [0.5, 0.6) is 11.5 Å². The molecule has 4 heteroatoms. The number of hydrogen-bond acceptors (Lipinski definition) is 4. The summed E-state index contributed by atoms with van der Waals surface area (Å²) < 4.78 is 11.0. The Labute approximate surface area is 118 Å². The molecule has 0 radical (unpaired) electrons. The zero-order chi connectivity index (χ0) is 14.9. The molecule has 1 aromatic heterocycles. The van der Waals surface area contributed by atoms with E-state index in [1.165, 1.54) is 12.1 Å². The van der Waals surface area contributed by atoms with Gasteiger partial charge in [-0.1, -0.05) is 13.8 Å². The molecule has 0 spiro atoms. The first-order valence-corrected chi connectivity index (χ1v) is 6.77. The number of rotatable bonds is 4. The van der Waals surface area contributed by atoms with Crippen LogP contribution in [0, 0.1) is 12.8 Å². The monoisotopic (exact) mass is 276 g/mol. The summed E-state index contributed by atoms with van der Waals surface area (Å²) in [6, 6.07) is 2.88. The minimum absolute atomic E-state index is 0.0982. The molecule has 0 saturated carbocycles. The number of aromatic hydroxyl groups is 1. The molecule has 0 aliphatic heterocycles. The SMILES string of the molecule is COc1cc(O)c2c(=O)cc(C)oc2c1CCC(C)C. The highest BCUT2D eigenvalue weighted by Gasteiger charge is 2.17. The molecule has 1 N–H and O–H groups in total. The number of fused-ring (bicyclic) bond motifs is 1. The van der Waals surface area contributed by atoms with E-state index in [0.717, 1.165) is 18.4 Å². The van der Waals surface area contributed by atoms with Crippen molar-refractivity contribution in [1.82, 2.24) is 0 Å². The van der Waals surface area contributed by atoms with Gasteiger partial charge in [0.25, 0.3) is 0 Å². The highest BCUT2D eigenvalue weighted by Crippen LogP contribution is 2.35. The molecule has 1 aromatic carbocycles. The third kappa shape index (κ3) is 2.64. The third-order valence-corrected chi connectivity index (χ3v) is 3.36. The minimum atomic E-state index is -0.227. The van der Waals surface area contributed by atoms with Crippen LogP contribution in [0.15, 0.2) is 21.3 Å². The zero-order valence-corrected chi connectivity index (χ0v) is 12.3. The first kappa shape index (κ1) is 14.4. The number of phenolic OH excluding ortho intramolecular Hbond substituents is 1. The van der Waals surface area contributed by atoms with Gasteiger partial charge in [-0.05, 0) is 25.7 Å². The van der Waals surface area contributed by atoms with Gasteiger partial charge in [-0.2, -0.15) is 0 Å². The maximum atomic E-state index is 12.0. The minimum Gasteiger partial charge on any atom is -0.507 e. The Kier molecular flexibility index (Phi) is 4.02. The number of benzene rings is 1. The second-order valence-corrected chi connectivity index (χ2v) is 5.43. The van der Waals surface area contributed by atoms with Crippen molar-refractivity contribution in [2.45, 2.75) is 33.6 Å². The highest BCUT2D eigenvalue weighted by molar-refractivity contribution is 5.88. The molecule has 0 fully saturated rings. The van der Waals surface area contributed by atoms with Gasteiger partial charge in [0.15, 0.2) is 5.43 Å². The van der Waals surface area contributed by atoms with E-state index in [1.54, 1.807) is 14.0 Å². The topological polar surface area (TPSA) is 59.7 Å². The Hall–Kier alpha value is -1.97. The lowest BCUT2D eigenvalue weighted by Crippen LogP contribution is -2.05. The normalized spacial score (nSPS) is 11.2. The van der Waals surface area contributed by atoms with Crippen molar-refractivity contribution in [3.05, 3.63) is 33.7 Å². The smallest absolute Gasteiger partial charge is 0.196 e. The lowest BCUT2D eigenvalue weighted by molar-refractivity contribution is 0.400. The van der Waals surface area contributed by atoms with Crippen molar-refractivity contribution in [3.8, 4) is 11.5 Å². The van der Waals surface area contributed by atoms with Crippen molar-refractivity contribution >= 4 is 11.0 Å². The first-order chi connectivity index (χ1) is 9.43. The van der Waals surface area contributed by atoms with E-state index in [9.17, 15) is 9.90 Å². The maximum absolute atomic E-state index is 12.0. The molecule has 1 heterocycles. The standard InChI is InChI=1S/C16H20O4/c1-9(2)5-6-11-14(19-4)8-13(18)15-12(17)7-10(3)20-16(11)15/h7-9,18H,5-6H2,1-4H3. The molecule has 0 atom stereocenters. The van der Waals surface area contributed by atoms with E-state index in [0.29, 0.717) is 23.0 Å². The number of ether oxygens (including phenoxy) is 1. The predicted molar refractivity (Wildman–Crippen MR) is 78.6 cm³/mol. The summed E-state index contributed by atoms with van der Waals surface area (Å²) in [6.45, 7) is 6.00. The van der Waals surface area contributed by atoms with Crippen molar-refractivity contribution in [2.75, 3.05) is 7.11 Å². The number of aryl methyl sites for hydroxylation is 2. The quantitative estimate of drug-likeness (QED) is 0.929. The number of methoxy groups -OCH3 is 1. The molecule has 0 unspecified atom stereocenters. The second-order valence-electron chi connectivity index (χ2n) is 5.43. The summed E-state index contributed by atoms with van der Waals surface area (Å²) in [5.41, 5.74) is 1.05. The molecule has 2 rings (SSSR count). The zero-order valence-electron chi connectivity index (χ0n) is 12.3. The summed E-state index contributed by atoms with van der Waals surface area (Å²) in [6.07, 6.45) is 1.69. The van der Waals surface area contributed by atoms with Crippen LogP contribution in [0.2, 0.25) is 0 Å². The number of phenols is 1. The maximum Gasteiger partial charge on any atom is 0.196 e. The fraction of sp³-hybridized carbons (Fsp3) is 0.438. The van der Waals surface area contributed by atoms with Gasteiger partial charge in [0, 0.05) is 17.7 Å². The van der Waals surface area contributed by atoms with Crippen LogP contribution in [-0.4, -0.2) is 12.2 Å². The van der Waals surface area contributed by atoms with Gasteiger partial charge in [0.05, 0.1) is 7.11 Å². The average molecular weight is 276 g/mol. The number of hydrogen-bond donors (Lipinski definition) is 1. The molecule has 108 valence electrons. The molecule has 0 saturated heterocycles. The second kappa shape index (κ2) is 5.57. The van der Waals surface area contributed by atoms with E-state index in [4.69, 9.17) is 9.15 Å². The van der Waals surface area contributed by atoms with Gasteiger partial charge >= 0.3 is 0 Å². The largest absolute Gasteiger partial charge is 0.507 e. The van der Waals surface area contributed by atoms with Gasteiger partial charge in [0.1, 0.15) is 28.2 Å². The Morgan fingerprint density at radius 2 is 2.05 bits per heavy atom. The molecule has 0 aliphatic rings. The molecular formula is C16H20O4. The van der Waals surface area contributed by atoms with Crippen LogP contribution < -0.4 is 10.2 Å². The van der Waals surface area contributed by atoms with E-state index in [1.807, 2.05) is 0 Å². The fourth-order valence-electron chi connectivity index (χ4n) is 2.31. The Balaban J connectivity index is 2.74. The summed E-state index contributed by atoms with van der Waals surface area (Å²) >= 11 is 0. The van der Waals surface area contributed by atoms with E-state index >= 15 is 0 Å². The first-order valence-electron chi connectivity index (χ1n) is 6.77. The summed E-state index contributed by atoms with van der Waals surface area (Å²) in [7, 11) is 1.55. The predicted octanol–water partition coefficient (Wildman–Crippen LogP) is 3.40. The van der Waals surface area contributed by atoms with E-state index in [-0.39, 0.29) is 16.6 Å². The van der Waals surface area contributed by atoms with E-state index in [2.05, 4.69) is 13.8 Å². The summed E-state index contributed by atoms with van der Waals surface area (Å²) in [4.78, 5) is 12.0. The van der Waals surface area contributed by atoms with Crippen LogP contribution in [0.4, 0.5) is 0 Å². The van der Waals surface area contributed by atoms with Crippen LogP contribution in [0.25, 0.3) is 11.0 Å². The van der Waals surface area contributed by atoms with Crippen molar-refractivity contribution in [2.24, 2.45) is 5.92 Å². The molecule has 0 amide bonds. The van der Waals surface area contributed by atoms with Crippen molar-refractivity contribution in [1.29, 1.82) is 0 Å². The lowest BCUT2D eigenvalue weighted by Gasteiger charge is -2.13. The van der Waals surface area contributed by atoms with Crippen molar-refractivity contribution in [3.63, 3.8) is 0 Å². The lowest BCUT2D eigenvalue weighted by atomic mass is 9.99. The van der Waals surface area contributed by atoms with Crippen LogP contribution >= 0.6 is 0 Å². The van der Waals surface area contributed by atoms with E-state index < -0.39 is 0 Å². The van der Waals surface area contributed by atoms with Crippen LogP contribution in [0.1, 0.15) is 31.6 Å². The van der Waals surface area contributed by atoms with Gasteiger partial charge in [-0.3, -0.25) is 4.79 Å². The van der Waals surface area contributed by atoms with Gasteiger partial charge in [-0.15, -0.1) is 0 Å². The summed E-state index contributed by atoms with van der Waals surface area (Å²) in [5.74, 6) is 1.52. The molecule has 4 nitrogen and oxygen atoms in total. The molecule has 20 heavy (non-hydrogen) atoms. The fourth-order valence-corrected chi connectivity index (χ4v) is 2.31. The van der Waals surface area contributed by atoms with Crippen LogP contribution in [-0.2, 0) is 6.42 Å². The summed E-state index contributed by atoms with van der Waals surface area (Å²) in [5, 5.41) is 10.2. The van der Waals surface area contributed by atoms with Gasteiger partial charge in [-0.25, -0.2) is 0 Å². The third-order valence-electron chi connectivity index (χ3n) is 3.36. The Morgan fingerprint density at radius 1 is 1.35 bits per heavy atom. The van der Waals surface area contributed by atoms with Gasteiger partial charge < -0.3 is 14.3 Å². The average Bonchev–Trinajstić information content (AvgIpc) is 2.35. The van der Waals surface area contributed by atoms with Crippen LogP contribution in [0.3, 0.4) is 0 Å². The highest BCUT2D eigenvalue weighted by atomic mass is 16.5. The van der Waals surface area contributed by atoms with Gasteiger partial charge in [0.2, 0.25) is 0 Å². The molecular weight excluding hydrogens is 256 g/mol. The molecule has 0 aliphatic carbocycles. The molecule has 2 aromatic rings. The Morgan fingerprint density at radius 3 is 2.65 bits per heavy atom. The molecule has 0 bridgehead atoms. The van der Waals surface area contributed by atoms with Crippen molar-refractivity contribution < 1.29 is 14.3 Å².